The first kappa shape index (κ1) is 20.0. The summed E-state index contributed by atoms with van der Waals surface area (Å²) in [6.07, 6.45) is 0.918. The molecule has 0 aliphatic rings. The zero-order valence-electron chi connectivity index (χ0n) is 15.2. The minimum absolute atomic E-state index is 0.0334. The lowest BCUT2D eigenvalue weighted by Gasteiger charge is -2.12. The molecule has 6 nitrogen and oxygen atoms in total. The molecule has 1 amide bonds. The Labute approximate surface area is 145 Å². The molecule has 1 aromatic rings. The van der Waals surface area contributed by atoms with Gasteiger partial charge in [0, 0.05) is 31.8 Å². The largest absolute Gasteiger partial charge is 0.383 e. The lowest BCUT2D eigenvalue weighted by Crippen LogP contribution is -2.38. The van der Waals surface area contributed by atoms with Crippen LogP contribution in [-0.2, 0) is 11.3 Å². The Bertz CT molecular complexity index is 514. The van der Waals surface area contributed by atoms with Crippen molar-refractivity contribution < 1.29 is 9.53 Å². The van der Waals surface area contributed by atoms with Crippen LogP contribution in [0.3, 0.4) is 0 Å². The fourth-order valence-electron chi connectivity index (χ4n) is 1.95. The van der Waals surface area contributed by atoms with Crippen molar-refractivity contribution in [3.05, 3.63) is 35.4 Å². The number of ether oxygens (including phenoxy) is 1. The van der Waals surface area contributed by atoms with Crippen LogP contribution < -0.4 is 16.0 Å². The lowest BCUT2D eigenvalue weighted by molar-refractivity contribution is 0.0939. The van der Waals surface area contributed by atoms with Crippen LogP contribution in [0.15, 0.2) is 29.3 Å². The Balaban J connectivity index is 2.61. The first-order valence-corrected chi connectivity index (χ1v) is 8.51. The average Bonchev–Trinajstić information content (AvgIpc) is 2.60. The maximum Gasteiger partial charge on any atom is 0.251 e. The van der Waals surface area contributed by atoms with Crippen molar-refractivity contribution in [3.63, 3.8) is 0 Å². The smallest absolute Gasteiger partial charge is 0.251 e. The Morgan fingerprint density at radius 3 is 2.50 bits per heavy atom. The van der Waals surface area contributed by atoms with Gasteiger partial charge in [0.05, 0.1) is 13.2 Å². The number of amides is 1. The quantitative estimate of drug-likeness (QED) is 0.366. The van der Waals surface area contributed by atoms with Crippen molar-refractivity contribution in [2.75, 3.05) is 26.8 Å². The molecule has 24 heavy (non-hydrogen) atoms. The third-order valence-electron chi connectivity index (χ3n) is 3.57. The molecule has 1 atom stereocenters. The van der Waals surface area contributed by atoms with Crippen LogP contribution in [0.1, 0.15) is 43.1 Å². The van der Waals surface area contributed by atoms with Gasteiger partial charge in [0.2, 0.25) is 0 Å². The highest BCUT2D eigenvalue weighted by Crippen LogP contribution is 2.06. The second-order valence-corrected chi connectivity index (χ2v) is 5.59. The molecule has 134 valence electrons. The van der Waals surface area contributed by atoms with Crippen molar-refractivity contribution in [2.45, 2.75) is 39.8 Å². The zero-order valence-corrected chi connectivity index (χ0v) is 15.2. The third-order valence-corrected chi connectivity index (χ3v) is 3.57. The van der Waals surface area contributed by atoms with Gasteiger partial charge in [-0.2, -0.15) is 0 Å². The summed E-state index contributed by atoms with van der Waals surface area (Å²) >= 11 is 0. The van der Waals surface area contributed by atoms with E-state index >= 15 is 0 Å². The van der Waals surface area contributed by atoms with Gasteiger partial charge in [0.25, 0.3) is 5.91 Å². The highest BCUT2D eigenvalue weighted by Gasteiger charge is 2.08. The molecule has 3 N–H and O–H groups in total. The molecule has 0 spiro atoms. The first-order valence-electron chi connectivity index (χ1n) is 8.51. The highest BCUT2D eigenvalue weighted by atomic mass is 16.5. The van der Waals surface area contributed by atoms with E-state index in [-0.39, 0.29) is 11.9 Å². The maximum absolute atomic E-state index is 12.1. The topological polar surface area (TPSA) is 74.8 Å². The van der Waals surface area contributed by atoms with Crippen molar-refractivity contribution >= 4 is 11.9 Å². The van der Waals surface area contributed by atoms with E-state index in [1.807, 2.05) is 38.1 Å². The highest BCUT2D eigenvalue weighted by molar-refractivity contribution is 5.94. The Morgan fingerprint density at radius 2 is 1.92 bits per heavy atom. The summed E-state index contributed by atoms with van der Waals surface area (Å²) < 4.78 is 5.02. The molecule has 6 heteroatoms. The van der Waals surface area contributed by atoms with Crippen molar-refractivity contribution in [2.24, 2.45) is 4.99 Å². The number of nitrogens with one attached hydrogen (secondary N) is 3. The maximum atomic E-state index is 12.1. The number of nitrogens with zero attached hydrogens (tertiary/aromatic N) is 1. The van der Waals surface area contributed by atoms with Crippen molar-refractivity contribution in [1.29, 1.82) is 0 Å². The first-order chi connectivity index (χ1) is 11.6. The van der Waals surface area contributed by atoms with Gasteiger partial charge in [0.15, 0.2) is 5.96 Å². The van der Waals surface area contributed by atoms with Crippen LogP contribution >= 0.6 is 0 Å². The van der Waals surface area contributed by atoms with E-state index in [0.717, 1.165) is 24.5 Å². The molecule has 0 aliphatic carbocycles. The molecule has 0 heterocycles. The van der Waals surface area contributed by atoms with Crippen LogP contribution in [0.25, 0.3) is 0 Å². The standard InChI is InChI=1S/C18H30N4O2/c1-5-14(3)22-17(23)16-9-7-15(8-10-16)13-21-18(19-6-2)20-11-12-24-4/h7-10,14H,5-6,11-13H2,1-4H3,(H,22,23)(H2,19,20,21). The Kier molecular flexibility index (Phi) is 9.53. The fourth-order valence-corrected chi connectivity index (χ4v) is 1.95. The molecule has 0 radical (unpaired) electrons. The summed E-state index contributed by atoms with van der Waals surface area (Å²) in [4.78, 5) is 16.6. The van der Waals surface area contributed by atoms with E-state index in [1.165, 1.54) is 0 Å². The minimum atomic E-state index is -0.0334. The van der Waals surface area contributed by atoms with Crippen molar-refractivity contribution in [3.8, 4) is 0 Å². The van der Waals surface area contributed by atoms with Gasteiger partial charge < -0.3 is 20.7 Å². The van der Waals surface area contributed by atoms with Gasteiger partial charge in [-0.3, -0.25) is 4.79 Å². The predicted molar refractivity (Wildman–Crippen MR) is 98.4 cm³/mol. The van der Waals surface area contributed by atoms with E-state index in [1.54, 1.807) is 7.11 Å². The second-order valence-electron chi connectivity index (χ2n) is 5.59. The van der Waals surface area contributed by atoms with Gasteiger partial charge in [-0.1, -0.05) is 19.1 Å². The molecule has 0 bridgehead atoms. The van der Waals surface area contributed by atoms with E-state index < -0.39 is 0 Å². The number of hydrogen-bond acceptors (Lipinski definition) is 3. The number of guanidine groups is 1. The molecule has 0 aromatic heterocycles. The summed E-state index contributed by atoms with van der Waals surface area (Å²) in [6.45, 7) is 8.76. The van der Waals surface area contributed by atoms with E-state index in [9.17, 15) is 4.79 Å². The predicted octanol–water partition coefficient (Wildman–Crippen LogP) is 1.92. The van der Waals surface area contributed by atoms with Crippen LogP contribution in [-0.4, -0.2) is 44.7 Å². The molecular formula is C18H30N4O2. The molecule has 0 fully saturated rings. The summed E-state index contributed by atoms with van der Waals surface area (Å²) in [5, 5.41) is 9.35. The second kappa shape index (κ2) is 11.5. The Hall–Kier alpha value is -2.08. The van der Waals surface area contributed by atoms with Gasteiger partial charge >= 0.3 is 0 Å². The van der Waals surface area contributed by atoms with Crippen LogP contribution in [0.2, 0.25) is 0 Å². The number of carbonyl (C=O) groups excluding carboxylic acids is 1. The molecule has 0 aliphatic heterocycles. The number of rotatable bonds is 9. The number of benzene rings is 1. The molecule has 1 unspecified atom stereocenters. The monoisotopic (exact) mass is 334 g/mol. The number of methoxy groups -OCH3 is 1. The summed E-state index contributed by atoms with van der Waals surface area (Å²) in [5.74, 6) is 0.724. The zero-order chi connectivity index (χ0) is 17.8. The number of carbonyl (C=O) groups is 1. The van der Waals surface area contributed by atoms with Gasteiger partial charge in [-0.05, 0) is 38.0 Å². The number of hydrogen-bond donors (Lipinski definition) is 3. The third kappa shape index (κ3) is 7.46. The minimum Gasteiger partial charge on any atom is -0.383 e. The summed E-state index contributed by atoms with van der Waals surface area (Å²) in [6, 6.07) is 7.74. The molecule has 0 saturated carbocycles. The van der Waals surface area contributed by atoms with Crippen molar-refractivity contribution in [1.82, 2.24) is 16.0 Å². The lowest BCUT2D eigenvalue weighted by atomic mass is 10.1. The molecule has 0 saturated heterocycles. The van der Waals surface area contributed by atoms with Crippen LogP contribution in [0.5, 0.6) is 0 Å². The van der Waals surface area contributed by atoms with Gasteiger partial charge in [-0.25, -0.2) is 4.99 Å². The number of aliphatic imine (C=N–C) groups is 1. The van der Waals surface area contributed by atoms with E-state index in [2.05, 4.69) is 27.9 Å². The average molecular weight is 334 g/mol. The summed E-state index contributed by atoms with van der Waals surface area (Å²) in [7, 11) is 1.67. The van der Waals surface area contributed by atoms with E-state index in [0.29, 0.717) is 25.3 Å². The molecular weight excluding hydrogens is 304 g/mol. The normalized spacial score (nSPS) is 12.6. The SMILES string of the molecule is CCNC(=NCc1ccc(C(=O)NC(C)CC)cc1)NCCOC. The van der Waals surface area contributed by atoms with Crippen LogP contribution in [0.4, 0.5) is 0 Å². The van der Waals surface area contributed by atoms with Gasteiger partial charge in [-0.15, -0.1) is 0 Å². The molecule has 1 rings (SSSR count). The summed E-state index contributed by atoms with van der Waals surface area (Å²) in [5.41, 5.74) is 1.73. The Morgan fingerprint density at radius 1 is 1.21 bits per heavy atom. The fraction of sp³-hybridized carbons (Fsp3) is 0.556. The van der Waals surface area contributed by atoms with Gasteiger partial charge in [0.1, 0.15) is 0 Å². The van der Waals surface area contributed by atoms with Crippen LogP contribution in [0, 0.1) is 0 Å². The van der Waals surface area contributed by atoms with E-state index in [4.69, 9.17) is 4.74 Å². The molecule has 1 aromatic carbocycles.